The predicted molar refractivity (Wildman–Crippen MR) is 80.3 cm³/mol. The molecule has 0 aliphatic carbocycles. The minimum absolute atomic E-state index is 0.0915. The van der Waals surface area contributed by atoms with E-state index in [9.17, 15) is 13.2 Å². The Morgan fingerprint density at radius 2 is 2.05 bits per heavy atom. The third kappa shape index (κ3) is 4.13. The SMILES string of the molecule is CCC(=O)c1cccc(S(=O)(=O)N(CC)CC(C)C#N)c1. The van der Waals surface area contributed by atoms with Gasteiger partial charge in [0, 0.05) is 25.1 Å². The first-order valence-electron chi connectivity index (χ1n) is 6.89. The van der Waals surface area contributed by atoms with E-state index >= 15 is 0 Å². The molecule has 0 spiro atoms. The molecule has 114 valence electrons. The number of ketones is 1. The molecule has 0 saturated heterocycles. The fraction of sp³-hybridized carbons (Fsp3) is 0.467. The van der Waals surface area contributed by atoms with Gasteiger partial charge in [-0.2, -0.15) is 9.57 Å². The van der Waals surface area contributed by atoms with Crippen LogP contribution in [0.2, 0.25) is 0 Å². The lowest BCUT2D eigenvalue weighted by molar-refractivity contribution is 0.0988. The third-order valence-electron chi connectivity index (χ3n) is 3.17. The lowest BCUT2D eigenvalue weighted by atomic mass is 10.1. The number of rotatable bonds is 7. The van der Waals surface area contributed by atoms with Gasteiger partial charge in [0.15, 0.2) is 5.78 Å². The number of nitriles is 1. The molecule has 0 aliphatic rings. The zero-order chi connectivity index (χ0) is 16.0. The summed E-state index contributed by atoms with van der Waals surface area (Å²) in [6, 6.07) is 8.09. The van der Waals surface area contributed by atoms with E-state index < -0.39 is 10.0 Å². The number of hydrogen-bond donors (Lipinski definition) is 0. The van der Waals surface area contributed by atoms with E-state index in [-0.39, 0.29) is 29.7 Å². The van der Waals surface area contributed by atoms with Crippen molar-refractivity contribution in [2.75, 3.05) is 13.1 Å². The van der Waals surface area contributed by atoms with E-state index in [1.54, 1.807) is 32.9 Å². The zero-order valence-electron chi connectivity index (χ0n) is 12.5. The molecule has 6 heteroatoms. The van der Waals surface area contributed by atoms with E-state index in [1.165, 1.54) is 16.4 Å². The first kappa shape index (κ1) is 17.3. The van der Waals surface area contributed by atoms with Gasteiger partial charge in [0.1, 0.15) is 0 Å². The van der Waals surface area contributed by atoms with Gasteiger partial charge >= 0.3 is 0 Å². The summed E-state index contributed by atoms with van der Waals surface area (Å²) in [5.74, 6) is -0.485. The highest BCUT2D eigenvalue weighted by Gasteiger charge is 2.25. The zero-order valence-corrected chi connectivity index (χ0v) is 13.4. The van der Waals surface area contributed by atoms with Crippen molar-refractivity contribution in [3.63, 3.8) is 0 Å². The van der Waals surface area contributed by atoms with Crippen LogP contribution in [-0.4, -0.2) is 31.6 Å². The first-order valence-corrected chi connectivity index (χ1v) is 8.33. The predicted octanol–water partition coefficient (Wildman–Crippen LogP) is 2.45. The van der Waals surface area contributed by atoms with Crippen LogP contribution in [-0.2, 0) is 10.0 Å². The number of benzene rings is 1. The van der Waals surface area contributed by atoms with Crippen molar-refractivity contribution < 1.29 is 13.2 Å². The second-order valence-electron chi connectivity index (χ2n) is 4.79. The molecule has 21 heavy (non-hydrogen) atoms. The molecule has 0 amide bonds. The molecular weight excluding hydrogens is 288 g/mol. The first-order chi connectivity index (χ1) is 9.86. The monoisotopic (exact) mass is 308 g/mol. The highest BCUT2D eigenvalue weighted by atomic mass is 32.2. The third-order valence-corrected chi connectivity index (χ3v) is 5.10. The molecule has 0 heterocycles. The number of Topliss-reactive ketones (excluding diaryl/α,β-unsaturated/α-hetero) is 1. The average Bonchev–Trinajstić information content (AvgIpc) is 2.51. The van der Waals surface area contributed by atoms with Crippen molar-refractivity contribution in [1.29, 1.82) is 5.26 Å². The standard InChI is InChI=1S/C15H20N2O3S/c1-4-15(18)13-7-6-8-14(9-13)21(19,20)17(5-2)11-12(3)10-16/h6-9,12H,4-5,11H2,1-3H3. The Bertz CT molecular complexity index is 647. The molecule has 0 radical (unpaired) electrons. The van der Waals surface area contributed by atoms with E-state index in [2.05, 4.69) is 0 Å². The van der Waals surface area contributed by atoms with Gasteiger partial charge in [-0.1, -0.05) is 26.0 Å². The van der Waals surface area contributed by atoms with Crippen LogP contribution in [0.1, 0.15) is 37.6 Å². The van der Waals surface area contributed by atoms with Crippen LogP contribution in [0.25, 0.3) is 0 Å². The highest BCUT2D eigenvalue weighted by Crippen LogP contribution is 2.19. The fourth-order valence-corrected chi connectivity index (χ4v) is 3.51. The summed E-state index contributed by atoms with van der Waals surface area (Å²) in [6.45, 7) is 5.55. The summed E-state index contributed by atoms with van der Waals surface area (Å²) in [5, 5.41) is 8.85. The topological polar surface area (TPSA) is 78.2 Å². The van der Waals surface area contributed by atoms with Gasteiger partial charge in [-0.3, -0.25) is 4.79 Å². The normalized spacial score (nSPS) is 12.9. The molecule has 0 N–H and O–H groups in total. The Morgan fingerprint density at radius 1 is 1.38 bits per heavy atom. The van der Waals surface area contributed by atoms with E-state index in [1.807, 2.05) is 6.07 Å². The summed E-state index contributed by atoms with van der Waals surface area (Å²) in [5.41, 5.74) is 0.392. The summed E-state index contributed by atoms with van der Waals surface area (Å²) in [7, 11) is -3.69. The Balaban J connectivity index is 3.17. The Labute approximate surface area is 126 Å². The molecule has 0 saturated carbocycles. The average molecular weight is 308 g/mol. The minimum Gasteiger partial charge on any atom is -0.294 e. The molecule has 1 atom stereocenters. The van der Waals surface area contributed by atoms with Gasteiger partial charge in [-0.15, -0.1) is 0 Å². The molecule has 0 aliphatic heterocycles. The van der Waals surface area contributed by atoms with Crippen molar-refractivity contribution in [1.82, 2.24) is 4.31 Å². The quantitative estimate of drug-likeness (QED) is 0.725. The molecule has 0 fully saturated rings. The summed E-state index contributed by atoms with van der Waals surface area (Å²) in [6.07, 6.45) is 0.326. The van der Waals surface area contributed by atoms with Crippen LogP contribution >= 0.6 is 0 Å². The van der Waals surface area contributed by atoms with Crippen LogP contribution in [0.3, 0.4) is 0 Å². The summed E-state index contributed by atoms with van der Waals surface area (Å²) < 4.78 is 26.4. The molecule has 1 aromatic carbocycles. The lowest BCUT2D eigenvalue weighted by Crippen LogP contribution is -2.34. The fourth-order valence-electron chi connectivity index (χ4n) is 1.93. The summed E-state index contributed by atoms with van der Waals surface area (Å²) in [4.78, 5) is 11.8. The van der Waals surface area contributed by atoms with E-state index in [4.69, 9.17) is 5.26 Å². The Kier molecular flexibility index (Phi) is 6.06. The van der Waals surface area contributed by atoms with Crippen molar-refractivity contribution >= 4 is 15.8 Å². The van der Waals surface area contributed by atoms with Gasteiger partial charge in [0.25, 0.3) is 0 Å². The maximum Gasteiger partial charge on any atom is 0.243 e. The summed E-state index contributed by atoms with van der Waals surface area (Å²) >= 11 is 0. The minimum atomic E-state index is -3.69. The number of hydrogen-bond acceptors (Lipinski definition) is 4. The van der Waals surface area contributed by atoms with Crippen molar-refractivity contribution in [3.05, 3.63) is 29.8 Å². The van der Waals surface area contributed by atoms with Crippen LogP contribution < -0.4 is 0 Å². The maximum atomic E-state index is 12.6. The maximum absolute atomic E-state index is 12.6. The van der Waals surface area contributed by atoms with Crippen molar-refractivity contribution in [2.24, 2.45) is 5.92 Å². The molecule has 5 nitrogen and oxygen atoms in total. The molecule has 0 bridgehead atoms. The highest BCUT2D eigenvalue weighted by molar-refractivity contribution is 7.89. The second-order valence-corrected chi connectivity index (χ2v) is 6.73. The van der Waals surface area contributed by atoms with Gasteiger partial charge < -0.3 is 0 Å². The molecule has 0 aromatic heterocycles. The molecule has 1 unspecified atom stereocenters. The van der Waals surface area contributed by atoms with Gasteiger partial charge in [0.05, 0.1) is 16.9 Å². The van der Waals surface area contributed by atoms with Gasteiger partial charge in [-0.25, -0.2) is 8.42 Å². The van der Waals surface area contributed by atoms with Crippen LogP contribution in [0, 0.1) is 17.2 Å². The lowest BCUT2D eigenvalue weighted by Gasteiger charge is -2.21. The van der Waals surface area contributed by atoms with E-state index in [0.29, 0.717) is 12.0 Å². The number of carbonyl (C=O) groups is 1. The van der Waals surface area contributed by atoms with Crippen molar-refractivity contribution in [3.8, 4) is 6.07 Å². The van der Waals surface area contributed by atoms with Gasteiger partial charge in [-0.05, 0) is 19.1 Å². The van der Waals surface area contributed by atoms with E-state index in [0.717, 1.165) is 0 Å². The number of sulfonamides is 1. The van der Waals surface area contributed by atoms with Crippen LogP contribution in [0.5, 0.6) is 0 Å². The number of nitrogens with zero attached hydrogens (tertiary/aromatic N) is 2. The van der Waals surface area contributed by atoms with Crippen LogP contribution in [0.15, 0.2) is 29.2 Å². The molecule has 1 aromatic rings. The molecular formula is C15H20N2O3S. The largest absolute Gasteiger partial charge is 0.294 e. The Morgan fingerprint density at radius 3 is 2.57 bits per heavy atom. The van der Waals surface area contributed by atoms with Crippen LogP contribution in [0.4, 0.5) is 0 Å². The Hall–Kier alpha value is -1.71. The smallest absolute Gasteiger partial charge is 0.243 e. The van der Waals surface area contributed by atoms with Crippen molar-refractivity contribution in [2.45, 2.75) is 32.1 Å². The number of carbonyl (C=O) groups excluding carboxylic acids is 1. The molecule has 1 rings (SSSR count). The second kappa shape index (κ2) is 7.34. The van der Waals surface area contributed by atoms with Gasteiger partial charge in [0.2, 0.25) is 10.0 Å².